The Bertz CT molecular complexity index is 751. The van der Waals surface area contributed by atoms with Crippen molar-refractivity contribution in [2.45, 2.75) is 32.4 Å². The molecule has 1 aliphatic rings. The van der Waals surface area contributed by atoms with Gasteiger partial charge in [-0.1, -0.05) is 0 Å². The minimum atomic E-state index is -3.17. The van der Waals surface area contributed by atoms with Crippen LogP contribution in [-0.2, 0) is 16.6 Å². The number of methoxy groups -OCH3 is 2. The van der Waals surface area contributed by atoms with Crippen molar-refractivity contribution in [3.8, 4) is 17.2 Å². The van der Waals surface area contributed by atoms with Crippen molar-refractivity contribution in [3.05, 3.63) is 17.7 Å². The molecule has 0 spiro atoms. The molecular weight excluding hydrogens is 386 g/mol. The van der Waals surface area contributed by atoms with E-state index in [0.717, 1.165) is 5.56 Å². The number of piperidine rings is 1. The average Bonchev–Trinajstić information content (AvgIpc) is 2.66. The number of benzene rings is 1. The molecule has 0 unspecified atom stereocenters. The van der Waals surface area contributed by atoms with Crippen LogP contribution in [0.25, 0.3) is 0 Å². The van der Waals surface area contributed by atoms with Gasteiger partial charge in [0.25, 0.3) is 0 Å². The molecule has 0 aliphatic carbocycles. The normalized spacial score (nSPS) is 15.7. The first-order valence-electron chi connectivity index (χ1n) is 9.15. The molecule has 1 aliphatic heterocycles. The first-order valence-corrected chi connectivity index (χ1v) is 11.0. The second kappa shape index (κ2) is 9.83. The van der Waals surface area contributed by atoms with Crippen LogP contribution < -0.4 is 24.8 Å². The van der Waals surface area contributed by atoms with Crippen molar-refractivity contribution in [1.29, 1.82) is 0 Å². The van der Waals surface area contributed by atoms with Crippen LogP contribution in [0.1, 0.15) is 25.3 Å². The molecule has 9 nitrogen and oxygen atoms in total. The Hall–Kier alpha value is -2.20. The van der Waals surface area contributed by atoms with Crippen LogP contribution in [0.2, 0.25) is 0 Å². The number of amides is 2. The average molecular weight is 416 g/mol. The first kappa shape index (κ1) is 22.1. The van der Waals surface area contributed by atoms with Crippen LogP contribution in [0.4, 0.5) is 4.79 Å². The molecule has 1 aromatic rings. The van der Waals surface area contributed by atoms with Gasteiger partial charge in [-0.3, -0.25) is 0 Å². The monoisotopic (exact) mass is 415 g/mol. The van der Waals surface area contributed by atoms with E-state index in [-0.39, 0.29) is 18.6 Å². The predicted molar refractivity (Wildman–Crippen MR) is 106 cm³/mol. The Morgan fingerprint density at radius 3 is 2.21 bits per heavy atom. The van der Waals surface area contributed by atoms with E-state index in [1.165, 1.54) is 10.6 Å². The van der Waals surface area contributed by atoms with Crippen molar-refractivity contribution in [2.75, 3.05) is 40.2 Å². The summed E-state index contributed by atoms with van der Waals surface area (Å²) in [5.74, 6) is 1.59. The highest BCUT2D eigenvalue weighted by Gasteiger charge is 2.25. The topological polar surface area (TPSA) is 106 Å². The van der Waals surface area contributed by atoms with Gasteiger partial charge in [0.1, 0.15) is 0 Å². The highest BCUT2D eigenvalue weighted by atomic mass is 32.2. The summed E-state index contributed by atoms with van der Waals surface area (Å²) in [5.41, 5.74) is 0.805. The maximum Gasteiger partial charge on any atom is 0.315 e. The Balaban J connectivity index is 1.91. The van der Waals surface area contributed by atoms with Crippen molar-refractivity contribution in [3.63, 3.8) is 0 Å². The fourth-order valence-corrected chi connectivity index (χ4v) is 3.95. The third kappa shape index (κ3) is 5.90. The molecule has 1 saturated heterocycles. The summed E-state index contributed by atoms with van der Waals surface area (Å²) >= 11 is 0. The maximum atomic E-state index is 12.2. The van der Waals surface area contributed by atoms with Gasteiger partial charge >= 0.3 is 6.03 Å². The summed E-state index contributed by atoms with van der Waals surface area (Å²) in [6.45, 7) is 3.46. The molecule has 0 aromatic heterocycles. The number of carbonyl (C=O) groups excluding carboxylic acids is 1. The third-order valence-corrected chi connectivity index (χ3v) is 5.82. The van der Waals surface area contributed by atoms with Crippen LogP contribution in [0.5, 0.6) is 17.2 Å². The molecule has 1 aromatic carbocycles. The summed E-state index contributed by atoms with van der Waals surface area (Å²) in [4.78, 5) is 12.2. The van der Waals surface area contributed by atoms with Gasteiger partial charge in [-0.25, -0.2) is 17.5 Å². The number of urea groups is 1. The largest absolute Gasteiger partial charge is 0.493 e. The summed E-state index contributed by atoms with van der Waals surface area (Å²) in [6, 6.07) is 3.23. The van der Waals surface area contributed by atoms with Gasteiger partial charge in [-0.15, -0.1) is 0 Å². The second-order valence-corrected chi connectivity index (χ2v) is 8.51. The maximum absolute atomic E-state index is 12.2. The highest BCUT2D eigenvalue weighted by Crippen LogP contribution is 2.38. The molecule has 28 heavy (non-hydrogen) atoms. The van der Waals surface area contributed by atoms with Gasteiger partial charge in [0.15, 0.2) is 11.5 Å². The van der Waals surface area contributed by atoms with E-state index in [4.69, 9.17) is 14.2 Å². The number of hydrogen-bond donors (Lipinski definition) is 2. The van der Waals surface area contributed by atoms with Crippen LogP contribution >= 0.6 is 0 Å². The predicted octanol–water partition coefficient (Wildman–Crippen LogP) is 1.33. The van der Waals surface area contributed by atoms with E-state index in [1.54, 1.807) is 26.4 Å². The molecule has 1 fully saturated rings. The summed E-state index contributed by atoms with van der Waals surface area (Å²) in [5, 5.41) is 5.70. The quantitative estimate of drug-likeness (QED) is 0.663. The molecule has 158 valence electrons. The Kier molecular flexibility index (Phi) is 7.76. The van der Waals surface area contributed by atoms with Crippen molar-refractivity contribution in [1.82, 2.24) is 14.9 Å². The number of sulfonamides is 1. The van der Waals surface area contributed by atoms with Crippen LogP contribution in [0.3, 0.4) is 0 Å². The van der Waals surface area contributed by atoms with E-state index in [2.05, 4.69) is 10.6 Å². The minimum Gasteiger partial charge on any atom is -0.493 e. The van der Waals surface area contributed by atoms with Gasteiger partial charge < -0.3 is 24.8 Å². The lowest BCUT2D eigenvalue weighted by atomic mass is 10.1. The third-order valence-electron chi connectivity index (χ3n) is 4.52. The zero-order valence-corrected chi connectivity index (χ0v) is 17.6. The fourth-order valence-electron chi connectivity index (χ4n) is 3.07. The van der Waals surface area contributed by atoms with Gasteiger partial charge in [0, 0.05) is 25.7 Å². The molecule has 2 N–H and O–H groups in total. The molecule has 0 atom stereocenters. The Morgan fingerprint density at radius 1 is 1.18 bits per heavy atom. The summed E-state index contributed by atoms with van der Waals surface area (Å²) < 4.78 is 40.8. The Morgan fingerprint density at radius 2 is 1.75 bits per heavy atom. The number of nitrogens with one attached hydrogen (secondary N) is 2. The van der Waals surface area contributed by atoms with Gasteiger partial charge in [-0.05, 0) is 37.5 Å². The zero-order chi connectivity index (χ0) is 20.7. The molecule has 10 heteroatoms. The fraction of sp³-hybridized carbons (Fsp3) is 0.611. The highest BCUT2D eigenvalue weighted by molar-refractivity contribution is 7.88. The minimum absolute atomic E-state index is 0.0533. The zero-order valence-electron chi connectivity index (χ0n) is 16.8. The smallest absolute Gasteiger partial charge is 0.315 e. The summed E-state index contributed by atoms with van der Waals surface area (Å²) in [7, 11) is -0.0826. The van der Waals surface area contributed by atoms with Gasteiger partial charge in [-0.2, -0.15) is 0 Å². The van der Waals surface area contributed by atoms with Crippen molar-refractivity contribution < 1.29 is 27.4 Å². The number of hydrogen-bond acceptors (Lipinski definition) is 6. The lowest BCUT2D eigenvalue weighted by Gasteiger charge is -2.30. The lowest BCUT2D eigenvalue weighted by Crippen LogP contribution is -2.48. The van der Waals surface area contributed by atoms with Crippen LogP contribution in [-0.4, -0.2) is 65.0 Å². The van der Waals surface area contributed by atoms with Crippen LogP contribution in [0.15, 0.2) is 12.1 Å². The van der Waals surface area contributed by atoms with E-state index >= 15 is 0 Å². The standard InChI is InChI=1S/C18H29N3O6S/c1-5-27-17-15(25-2)10-13(11-16(17)26-3)12-19-18(22)20-14-6-8-21(9-7-14)28(4,23)24/h10-11,14H,5-9,12H2,1-4H3,(H2,19,20,22). The molecule has 2 amide bonds. The molecular formula is C18H29N3O6S. The number of rotatable bonds is 8. The molecule has 0 bridgehead atoms. The molecule has 2 rings (SSSR count). The van der Waals surface area contributed by atoms with Crippen LogP contribution in [0, 0.1) is 0 Å². The van der Waals surface area contributed by atoms with Crippen molar-refractivity contribution in [2.24, 2.45) is 0 Å². The second-order valence-electron chi connectivity index (χ2n) is 6.53. The SMILES string of the molecule is CCOc1c(OC)cc(CNC(=O)NC2CCN(S(C)(=O)=O)CC2)cc1OC. The Labute approximate surface area is 166 Å². The van der Waals surface area contributed by atoms with E-state index in [1.807, 2.05) is 6.92 Å². The van der Waals surface area contributed by atoms with E-state index < -0.39 is 10.0 Å². The molecule has 0 radical (unpaired) electrons. The van der Waals surface area contributed by atoms with E-state index in [0.29, 0.717) is 49.8 Å². The summed E-state index contributed by atoms with van der Waals surface area (Å²) in [6.07, 6.45) is 2.38. The number of carbonyl (C=O) groups is 1. The first-order chi connectivity index (χ1) is 13.3. The number of nitrogens with zero attached hydrogens (tertiary/aromatic N) is 1. The van der Waals surface area contributed by atoms with E-state index in [9.17, 15) is 13.2 Å². The van der Waals surface area contributed by atoms with Crippen molar-refractivity contribution >= 4 is 16.1 Å². The lowest BCUT2D eigenvalue weighted by molar-refractivity contribution is 0.227. The molecule has 1 heterocycles. The van der Waals surface area contributed by atoms with Gasteiger partial charge in [0.2, 0.25) is 15.8 Å². The molecule has 0 saturated carbocycles. The number of ether oxygens (including phenoxy) is 3. The van der Waals surface area contributed by atoms with Gasteiger partial charge in [0.05, 0.1) is 27.1 Å².